The molecule has 0 radical (unpaired) electrons. The van der Waals surface area contributed by atoms with Crippen molar-refractivity contribution in [3.05, 3.63) is 0 Å². The smallest absolute Gasteiger partial charge is 0.245 e. The maximum Gasteiger partial charge on any atom is 0.245 e. The van der Waals surface area contributed by atoms with Crippen LogP contribution in [0.25, 0.3) is 0 Å². The van der Waals surface area contributed by atoms with Gasteiger partial charge in [-0.25, -0.2) is 0 Å². The molecule has 0 spiro atoms. The van der Waals surface area contributed by atoms with Crippen LogP contribution in [0.1, 0.15) is 60.3 Å². The number of nitrogens with one attached hydrogen (secondary N) is 1. The highest BCUT2D eigenvalue weighted by molar-refractivity contribution is 5.94. The summed E-state index contributed by atoms with van der Waals surface area (Å²) >= 11 is 0. The zero-order valence-electron chi connectivity index (χ0n) is 13.7. The van der Waals surface area contributed by atoms with Gasteiger partial charge < -0.3 is 10.2 Å². The maximum absolute atomic E-state index is 12.4. The molecule has 1 unspecified atom stereocenters. The molecule has 0 bridgehead atoms. The molecule has 20 heavy (non-hydrogen) atoms. The summed E-state index contributed by atoms with van der Waals surface area (Å²) in [5.41, 5.74) is -0.650. The van der Waals surface area contributed by atoms with Crippen molar-refractivity contribution in [1.82, 2.24) is 10.2 Å². The highest BCUT2D eigenvalue weighted by Gasteiger charge is 2.46. The molecule has 1 heterocycles. The summed E-state index contributed by atoms with van der Waals surface area (Å²) in [5.74, 6) is 1.24. The summed E-state index contributed by atoms with van der Waals surface area (Å²) in [6.45, 7) is 11.8. The summed E-state index contributed by atoms with van der Waals surface area (Å²) in [5, 5.41) is 3.00. The van der Waals surface area contributed by atoms with Gasteiger partial charge in [0.25, 0.3) is 0 Å². The van der Waals surface area contributed by atoms with E-state index in [1.165, 1.54) is 0 Å². The van der Waals surface area contributed by atoms with Gasteiger partial charge in [0.1, 0.15) is 5.54 Å². The van der Waals surface area contributed by atoms with Crippen molar-refractivity contribution in [1.29, 1.82) is 0 Å². The third-order valence-corrected chi connectivity index (χ3v) is 4.15. The zero-order valence-corrected chi connectivity index (χ0v) is 13.7. The Morgan fingerprint density at radius 3 is 2.40 bits per heavy atom. The SMILES string of the molecule is CC(C)CCNC(=O)C1(C)CCC(=O)N1CCC(C)C. The molecule has 1 aliphatic heterocycles. The molecule has 116 valence electrons. The third kappa shape index (κ3) is 4.22. The monoisotopic (exact) mass is 282 g/mol. The predicted octanol–water partition coefficient (Wildman–Crippen LogP) is 2.58. The summed E-state index contributed by atoms with van der Waals surface area (Å²) in [6, 6.07) is 0. The van der Waals surface area contributed by atoms with Gasteiger partial charge in [-0.15, -0.1) is 0 Å². The topological polar surface area (TPSA) is 49.4 Å². The van der Waals surface area contributed by atoms with Crippen molar-refractivity contribution in [2.75, 3.05) is 13.1 Å². The second kappa shape index (κ2) is 7.09. The van der Waals surface area contributed by atoms with Gasteiger partial charge in [0.05, 0.1) is 0 Å². The van der Waals surface area contributed by atoms with E-state index < -0.39 is 5.54 Å². The normalized spacial score (nSPS) is 22.9. The van der Waals surface area contributed by atoms with Crippen molar-refractivity contribution in [3.8, 4) is 0 Å². The highest BCUT2D eigenvalue weighted by Crippen LogP contribution is 2.30. The Balaban J connectivity index is 2.63. The van der Waals surface area contributed by atoms with Gasteiger partial charge in [0.15, 0.2) is 0 Å². The molecule has 1 N–H and O–H groups in total. The molecule has 2 amide bonds. The van der Waals surface area contributed by atoms with Crippen LogP contribution in [0, 0.1) is 11.8 Å². The van der Waals surface area contributed by atoms with Crippen molar-refractivity contribution in [2.45, 2.75) is 65.8 Å². The molecular weight excluding hydrogens is 252 g/mol. The minimum atomic E-state index is -0.650. The van der Waals surface area contributed by atoms with E-state index in [-0.39, 0.29) is 11.8 Å². The Morgan fingerprint density at radius 2 is 1.85 bits per heavy atom. The van der Waals surface area contributed by atoms with Gasteiger partial charge in [-0.1, -0.05) is 27.7 Å². The predicted molar refractivity (Wildman–Crippen MR) is 81.3 cm³/mol. The number of carbonyl (C=O) groups excluding carboxylic acids is 2. The van der Waals surface area contributed by atoms with Crippen LogP contribution in [-0.2, 0) is 9.59 Å². The quantitative estimate of drug-likeness (QED) is 0.780. The van der Waals surface area contributed by atoms with E-state index >= 15 is 0 Å². The average Bonchev–Trinajstić information content (AvgIpc) is 2.63. The molecule has 0 aromatic heterocycles. The van der Waals surface area contributed by atoms with Crippen molar-refractivity contribution < 1.29 is 9.59 Å². The molecule has 1 saturated heterocycles. The lowest BCUT2D eigenvalue weighted by Crippen LogP contribution is -2.55. The molecule has 0 aliphatic carbocycles. The molecule has 0 aromatic rings. The van der Waals surface area contributed by atoms with Gasteiger partial charge in [-0.2, -0.15) is 0 Å². The zero-order chi connectivity index (χ0) is 15.3. The van der Waals surface area contributed by atoms with E-state index in [0.29, 0.717) is 37.8 Å². The molecule has 0 aromatic carbocycles. The van der Waals surface area contributed by atoms with E-state index in [2.05, 4.69) is 33.0 Å². The first-order valence-electron chi connectivity index (χ1n) is 7.86. The second-order valence-electron chi connectivity index (χ2n) is 6.94. The first kappa shape index (κ1) is 17.0. The van der Waals surface area contributed by atoms with Gasteiger partial charge in [0, 0.05) is 19.5 Å². The largest absolute Gasteiger partial charge is 0.354 e. The van der Waals surface area contributed by atoms with Crippen LogP contribution in [0.5, 0.6) is 0 Å². The minimum Gasteiger partial charge on any atom is -0.354 e. The number of rotatable bonds is 7. The average molecular weight is 282 g/mol. The third-order valence-electron chi connectivity index (χ3n) is 4.15. The number of nitrogens with zero attached hydrogens (tertiary/aromatic N) is 1. The van der Waals surface area contributed by atoms with Crippen molar-refractivity contribution in [2.24, 2.45) is 11.8 Å². The first-order chi connectivity index (χ1) is 9.27. The van der Waals surface area contributed by atoms with Crippen LogP contribution in [0.3, 0.4) is 0 Å². The summed E-state index contributed by atoms with van der Waals surface area (Å²) in [6.07, 6.45) is 3.05. The van der Waals surface area contributed by atoms with Crippen molar-refractivity contribution in [3.63, 3.8) is 0 Å². The Morgan fingerprint density at radius 1 is 1.25 bits per heavy atom. The summed E-state index contributed by atoms with van der Waals surface area (Å²) < 4.78 is 0. The Labute approximate surface area is 123 Å². The van der Waals surface area contributed by atoms with E-state index in [9.17, 15) is 9.59 Å². The van der Waals surface area contributed by atoms with Crippen LogP contribution in [-0.4, -0.2) is 35.3 Å². The molecular formula is C16H30N2O2. The summed E-state index contributed by atoms with van der Waals surface area (Å²) in [4.78, 5) is 26.3. The lowest BCUT2D eigenvalue weighted by atomic mass is 9.96. The van der Waals surface area contributed by atoms with Crippen LogP contribution < -0.4 is 5.32 Å². The van der Waals surface area contributed by atoms with Gasteiger partial charge in [0.2, 0.25) is 11.8 Å². The maximum atomic E-state index is 12.4. The van der Waals surface area contributed by atoms with Gasteiger partial charge in [-0.05, 0) is 38.0 Å². The fourth-order valence-corrected chi connectivity index (χ4v) is 2.56. The van der Waals surface area contributed by atoms with E-state index in [4.69, 9.17) is 0 Å². The Hall–Kier alpha value is -1.06. The molecule has 1 aliphatic rings. The van der Waals surface area contributed by atoms with Gasteiger partial charge >= 0.3 is 0 Å². The first-order valence-corrected chi connectivity index (χ1v) is 7.86. The fourth-order valence-electron chi connectivity index (χ4n) is 2.56. The molecule has 4 heteroatoms. The molecule has 1 rings (SSSR count). The van der Waals surface area contributed by atoms with E-state index in [0.717, 1.165) is 12.8 Å². The number of amides is 2. The minimum absolute atomic E-state index is 0.00718. The Bertz CT molecular complexity index is 352. The van der Waals surface area contributed by atoms with Crippen LogP contribution in [0.4, 0.5) is 0 Å². The Kier molecular flexibility index (Phi) is 6.03. The number of hydrogen-bond acceptors (Lipinski definition) is 2. The lowest BCUT2D eigenvalue weighted by molar-refractivity contribution is -0.140. The standard InChI is InChI=1S/C16H30N2O2/c1-12(2)7-10-17-15(20)16(5)9-6-14(19)18(16)11-8-13(3)4/h12-13H,6-11H2,1-5H3,(H,17,20). The molecule has 1 fully saturated rings. The van der Waals surface area contributed by atoms with Crippen LogP contribution in [0.2, 0.25) is 0 Å². The number of hydrogen-bond donors (Lipinski definition) is 1. The molecule has 1 atom stereocenters. The summed E-state index contributed by atoms with van der Waals surface area (Å²) in [7, 11) is 0. The van der Waals surface area contributed by atoms with E-state index in [1.54, 1.807) is 4.90 Å². The number of likely N-dealkylation sites (tertiary alicyclic amines) is 1. The van der Waals surface area contributed by atoms with Crippen LogP contribution in [0.15, 0.2) is 0 Å². The van der Waals surface area contributed by atoms with Crippen molar-refractivity contribution >= 4 is 11.8 Å². The molecule has 0 saturated carbocycles. The molecule has 4 nitrogen and oxygen atoms in total. The fraction of sp³-hybridized carbons (Fsp3) is 0.875. The van der Waals surface area contributed by atoms with E-state index in [1.807, 2.05) is 6.92 Å². The number of carbonyl (C=O) groups is 2. The van der Waals surface area contributed by atoms with Gasteiger partial charge in [-0.3, -0.25) is 9.59 Å². The van der Waals surface area contributed by atoms with Crippen LogP contribution >= 0.6 is 0 Å². The second-order valence-corrected chi connectivity index (χ2v) is 6.94. The highest BCUT2D eigenvalue weighted by atomic mass is 16.2. The lowest BCUT2D eigenvalue weighted by Gasteiger charge is -2.34.